The number of pyridine rings is 2. The van der Waals surface area contributed by atoms with Crippen molar-refractivity contribution in [2.24, 2.45) is 5.73 Å². The quantitative estimate of drug-likeness (QED) is 0.614. The lowest BCUT2D eigenvalue weighted by Gasteiger charge is -2.29. The SMILES string of the molecule is CC1=C(C(N)=O)SC(n2ccc(OCc3ccccc3)cc2=O)N1Cc1cccnc1. The third kappa shape index (κ3) is 4.64. The molecule has 31 heavy (non-hydrogen) atoms. The van der Waals surface area contributed by atoms with Crippen LogP contribution in [0.4, 0.5) is 0 Å². The summed E-state index contributed by atoms with van der Waals surface area (Å²) < 4.78 is 7.35. The lowest BCUT2D eigenvalue weighted by atomic mass is 10.2. The number of thioether (sulfide) groups is 1. The summed E-state index contributed by atoms with van der Waals surface area (Å²) in [6.07, 6.45) is 5.16. The lowest BCUT2D eigenvalue weighted by Crippen LogP contribution is -2.32. The Balaban J connectivity index is 1.57. The minimum absolute atomic E-state index is 0.224. The molecule has 1 atom stereocenters. The number of ether oxygens (including phenoxy) is 1. The average molecular weight is 435 g/mol. The molecule has 1 amide bonds. The van der Waals surface area contributed by atoms with Crippen molar-refractivity contribution in [3.63, 3.8) is 0 Å². The molecular formula is C23H22N4O3S. The van der Waals surface area contributed by atoms with Gasteiger partial charge in [-0.1, -0.05) is 48.2 Å². The van der Waals surface area contributed by atoms with E-state index in [1.54, 1.807) is 29.2 Å². The number of benzene rings is 1. The molecule has 8 heteroatoms. The highest BCUT2D eigenvalue weighted by molar-refractivity contribution is 8.04. The Morgan fingerprint density at radius 1 is 1.16 bits per heavy atom. The van der Waals surface area contributed by atoms with Gasteiger partial charge in [-0.25, -0.2) is 0 Å². The number of amides is 1. The summed E-state index contributed by atoms with van der Waals surface area (Å²) >= 11 is 1.27. The van der Waals surface area contributed by atoms with E-state index in [4.69, 9.17) is 10.5 Å². The zero-order valence-electron chi connectivity index (χ0n) is 17.0. The van der Waals surface area contributed by atoms with Crippen molar-refractivity contribution in [3.8, 4) is 5.75 Å². The van der Waals surface area contributed by atoms with Crippen LogP contribution in [0.2, 0.25) is 0 Å². The molecule has 1 unspecified atom stereocenters. The number of hydrogen-bond acceptors (Lipinski definition) is 6. The molecule has 0 bridgehead atoms. The van der Waals surface area contributed by atoms with Gasteiger partial charge in [0.25, 0.3) is 11.5 Å². The second kappa shape index (κ2) is 9.09. The Bertz CT molecular complexity index is 1160. The van der Waals surface area contributed by atoms with Gasteiger partial charge in [0.2, 0.25) is 0 Å². The molecule has 4 rings (SSSR count). The van der Waals surface area contributed by atoms with Gasteiger partial charge in [0.05, 0.1) is 4.91 Å². The number of carbonyl (C=O) groups excluding carboxylic acids is 1. The number of nitrogens with two attached hydrogens (primary N) is 1. The van der Waals surface area contributed by atoms with Gasteiger partial charge in [-0.05, 0) is 30.2 Å². The fourth-order valence-corrected chi connectivity index (χ4v) is 4.63. The molecule has 2 aromatic heterocycles. The normalized spacial score (nSPS) is 15.9. The molecule has 2 N–H and O–H groups in total. The first-order valence-electron chi connectivity index (χ1n) is 9.75. The molecule has 0 spiro atoms. The van der Waals surface area contributed by atoms with Crippen LogP contribution in [-0.2, 0) is 17.9 Å². The molecule has 3 heterocycles. The largest absolute Gasteiger partial charge is 0.489 e. The van der Waals surface area contributed by atoms with E-state index in [9.17, 15) is 9.59 Å². The Morgan fingerprint density at radius 3 is 2.61 bits per heavy atom. The van der Waals surface area contributed by atoms with Gasteiger partial charge in [0.15, 0.2) is 5.50 Å². The van der Waals surface area contributed by atoms with Crippen molar-refractivity contribution >= 4 is 17.7 Å². The first kappa shape index (κ1) is 20.7. The van der Waals surface area contributed by atoms with E-state index in [1.165, 1.54) is 17.8 Å². The van der Waals surface area contributed by atoms with Crippen LogP contribution in [0.1, 0.15) is 23.5 Å². The average Bonchev–Trinajstić information content (AvgIpc) is 3.10. The molecular weight excluding hydrogens is 412 g/mol. The summed E-state index contributed by atoms with van der Waals surface area (Å²) in [5, 5.41) is 0. The van der Waals surface area contributed by atoms with Crippen LogP contribution in [0.15, 0.2) is 88.6 Å². The summed E-state index contributed by atoms with van der Waals surface area (Å²) in [4.78, 5) is 31.4. The smallest absolute Gasteiger partial charge is 0.257 e. The van der Waals surface area contributed by atoms with E-state index in [0.29, 0.717) is 23.8 Å². The maximum Gasteiger partial charge on any atom is 0.257 e. The van der Waals surface area contributed by atoms with Crippen LogP contribution in [-0.4, -0.2) is 20.4 Å². The summed E-state index contributed by atoms with van der Waals surface area (Å²) in [5.41, 5.74) is 7.65. The predicted octanol–water partition coefficient (Wildman–Crippen LogP) is 3.24. The number of nitrogens with zero attached hydrogens (tertiary/aromatic N) is 3. The second-order valence-corrected chi connectivity index (χ2v) is 8.16. The van der Waals surface area contributed by atoms with Crippen molar-refractivity contribution < 1.29 is 9.53 Å². The molecule has 0 fully saturated rings. The maximum absolute atomic E-state index is 12.9. The van der Waals surface area contributed by atoms with Crippen molar-refractivity contribution in [2.45, 2.75) is 25.6 Å². The van der Waals surface area contributed by atoms with Gasteiger partial charge in [0, 0.05) is 36.9 Å². The molecule has 3 aromatic rings. The van der Waals surface area contributed by atoms with Crippen molar-refractivity contribution in [1.82, 2.24) is 14.5 Å². The molecule has 7 nitrogen and oxygen atoms in total. The van der Waals surface area contributed by atoms with Gasteiger partial charge in [-0.15, -0.1) is 0 Å². The molecule has 1 aromatic carbocycles. The molecule has 0 saturated heterocycles. The summed E-state index contributed by atoms with van der Waals surface area (Å²) in [6, 6.07) is 16.8. The van der Waals surface area contributed by atoms with Gasteiger partial charge < -0.3 is 15.4 Å². The zero-order valence-corrected chi connectivity index (χ0v) is 17.8. The minimum Gasteiger partial charge on any atom is -0.489 e. The first-order valence-corrected chi connectivity index (χ1v) is 10.6. The monoisotopic (exact) mass is 434 g/mol. The third-order valence-corrected chi connectivity index (χ3v) is 6.38. The Hall–Kier alpha value is -3.52. The number of primary amides is 1. The summed E-state index contributed by atoms with van der Waals surface area (Å²) in [5.74, 6) is -0.0104. The van der Waals surface area contributed by atoms with E-state index in [2.05, 4.69) is 4.98 Å². The van der Waals surface area contributed by atoms with Crippen LogP contribution < -0.4 is 16.0 Å². The molecule has 1 aliphatic heterocycles. The van der Waals surface area contributed by atoms with Crippen LogP contribution in [0.5, 0.6) is 5.75 Å². The Morgan fingerprint density at radius 2 is 1.94 bits per heavy atom. The standard InChI is InChI=1S/C23H22N4O3S/c1-16-21(22(24)29)31-23(27(16)14-18-8-5-10-25-13-18)26-11-9-19(12-20(26)28)30-15-17-6-3-2-4-7-17/h2-13,23H,14-15H2,1H3,(H2,24,29). The molecule has 1 aliphatic rings. The van der Waals surface area contributed by atoms with Crippen molar-refractivity contribution in [3.05, 3.63) is 105 Å². The van der Waals surface area contributed by atoms with Crippen molar-refractivity contribution in [1.29, 1.82) is 0 Å². The zero-order chi connectivity index (χ0) is 21.8. The van der Waals surface area contributed by atoms with Crippen LogP contribution in [0, 0.1) is 0 Å². The molecule has 0 radical (unpaired) electrons. The second-order valence-electron chi connectivity index (χ2n) is 7.09. The van der Waals surface area contributed by atoms with E-state index in [1.807, 2.05) is 54.3 Å². The van der Waals surface area contributed by atoms with Gasteiger partial charge >= 0.3 is 0 Å². The van der Waals surface area contributed by atoms with Gasteiger partial charge in [0.1, 0.15) is 12.4 Å². The fourth-order valence-electron chi connectivity index (χ4n) is 3.36. The van der Waals surface area contributed by atoms with E-state index >= 15 is 0 Å². The summed E-state index contributed by atoms with van der Waals surface area (Å²) in [6.45, 7) is 2.71. The number of allylic oxidation sites excluding steroid dienone is 1. The predicted molar refractivity (Wildman–Crippen MR) is 120 cm³/mol. The summed E-state index contributed by atoms with van der Waals surface area (Å²) in [7, 11) is 0. The van der Waals surface area contributed by atoms with Crippen LogP contribution in [0.25, 0.3) is 0 Å². The molecule has 158 valence electrons. The van der Waals surface area contributed by atoms with Crippen LogP contribution >= 0.6 is 11.8 Å². The molecule has 0 aliphatic carbocycles. The highest BCUT2D eigenvalue weighted by Crippen LogP contribution is 2.44. The number of hydrogen-bond donors (Lipinski definition) is 1. The topological polar surface area (TPSA) is 90.4 Å². The number of carbonyl (C=O) groups is 1. The Kier molecular flexibility index (Phi) is 6.08. The van der Waals surface area contributed by atoms with E-state index < -0.39 is 11.4 Å². The molecule has 0 saturated carbocycles. The van der Waals surface area contributed by atoms with E-state index in [-0.39, 0.29) is 5.56 Å². The van der Waals surface area contributed by atoms with Crippen LogP contribution in [0.3, 0.4) is 0 Å². The number of rotatable bonds is 7. The Labute approximate surface area is 184 Å². The highest BCUT2D eigenvalue weighted by Gasteiger charge is 2.34. The maximum atomic E-state index is 12.9. The first-order chi connectivity index (χ1) is 15.0. The third-order valence-electron chi connectivity index (χ3n) is 4.95. The van der Waals surface area contributed by atoms with Crippen molar-refractivity contribution in [2.75, 3.05) is 0 Å². The number of aromatic nitrogens is 2. The van der Waals surface area contributed by atoms with Gasteiger partial charge in [-0.2, -0.15) is 0 Å². The lowest BCUT2D eigenvalue weighted by molar-refractivity contribution is -0.114. The fraction of sp³-hybridized carbons (Fsp3) is 0.174. The van der Waals surface area contributed by atoms with E-state index in [0.717, 1.165) is 16.8 Å². The highest BCUT2D eigenvalue weighted by atomic mass is 32.2. The minimum atomic E-state index is -0.503. The van der Waals surface area contributed by atoms with Gasteiger partial charge in [-0.3, -0.25) is 19.1 Å².